The van der Waals surface area contributed by atoms with Crippen molar-refractivity contribution < 1.29 is 17.9 Å². The molecular formula is C15H26F3IN4O. The molecule has 2 aliphatic heterocycles. The van der Waals surface area contributed by atoms with Crippen molar-refractivity contribution in [1.29, 1.82) is 0 Å². The Kier molecular flexibility index (Phi) is 9.35. The second-order valence-corrected chi connectivity index (χ2v) is 5.92. The van der Waals surface area contributed by atoms with Crippen LogP contribution in [0.5, 0.6) is 0 Å². The molecule has 1 unspecified atom stereocenters. The van der Waals surface area contributed by atoms with Gasteiger partial charge in [0.15, 0.2) is 5.96 Å². The average molecular weight is 462 g/mol. The van der Waals surface area contributed by atoms with E-state index in [0.717, 1.165) is 26.0 Å². The van der Waals surface area contributed by atoms with Crippen LogP contribution in [-0.4, -0.2) is 69.5 Å². The lowest BCUT2D eigenvalue weighted by atomic mass is 10.1. The number of halogens is 4. The van der Waals surface area contributed by atoms with Gasteiger partial charge in [0.25, 0.3) is 0 Å². The van der Waals surface area contributed by atoms with Crippen LogP contribution < -0.4 is 10.6 Å². The Morgan fingerprint density at radius 2 is 2.25 bits per heavy atom. The van der Waals surface area contributed by atoms with E-state index >= 15 is 0 Å². The van der Waals surface area contributed by atoms with Crippen LogP contribution >= 0.6 is 24.0 Å². The Bertz CT molecular complexity index is 443. The molecule has 2 heterocycles. The summed E-state index contributed by atoms with van der Waals surface area (Å²) in [5.41, 5.74) is 1.37. The fourth-order valence-electron chi connectivity index (χ4n) is 2.87. The predicted octanol–water partition coefficient (Wildman–Crippen LogP) is 2.14. The summed E-state index contributed by atoms with van der Waals surface area (Å²) >= 11 is 0. The second-order valence-electron chi connectivity index (χ2n) is 5.92. The maximum Gasteiger partial charge on any atom is 0.401 e. The minimum absolute atomic E-state index is 0. The molecule has 2 aliphatic rings. The number of alkyl halides is 3. The summed E-state index contributed by atoms with van der Waals surface area (Å²) < 4.78 is 42.4. The fourth-order valence-corrected chi connectivity index (χ4v) is 2.87. The van der Waals surface area contributed by atoms with Crippen molar-refractivity contribution >= 4 is 29.9 Å². The highest BCUT2D eigenvalue weighted by Gasteiger charge is 2.34. The van der Waals surface area contributed by atoms with E-state index in [9.17, 15) is 13.2 Å². The summed E-state index contributed by atoms with van der Waals surface area (Å²) in [5.74, 6) is 0.650. The molecule has 0 aromatic rings. The van der Waals surface area contributed by atoms with Crippen LogP contribution in [0.25, 0.3) is 0 Å². The highest BCUT2D eigenvalue weighted by Crippen LogP contribution is 2.19. The Hall–Kier alpha value is -0.550. The summed E-state index contributed by atoms with van der Waals surface area (Å²) in [4.78, 5) is 5.57. The summed E-state index contributed by atoms with van der Waals surface area (Å²) in [6.07, 6.45) is 0.552. The molecule has 1 atom stereocenters. The first kappa shape index (κ1) is 21.5. The maximum atomic E-state index is 12.4. The van der Waals surface area contributed by atoms with Gasteiger partial charge in [-0.25, -0.2) is 0 Å². The molecule has 0 aromatic carbocycles. The molecule has 1 fully saturated rings. The molecule has 0 spiro atoms. The normalized spacial score (nSPS) is 22.8. The Morgan fingerprint density at radius 1 is 1.46 bits per heavy atom. The SMILES string of the molecule is CN=C(NCCC1=CCOCC1)NC1CCN(CC(F)(F)F)C1.I. The van der Waals surface area contributed by atoms with Crippen LogP contribution in [0.1, 0.15) is 19.3 Å². The topological polar surface area (TPSA) is 48.9 Å². The number of aliphatic imine (C=N–C) groups is 1. The van der Waals surface area contributed by atoms with Crippen molar-refractivity contribution in [2.45, 2.75) is 31.5 Å². The Balaban J connectivity index is 0.00000288. The number of hydrogen-bond acceptors (Lipinski definition) is 3. The summed E-state index contributed by atoms with van der Waals surface area (Å²) in [6.45, 7) is 2.22. The molecule has 0 amide bonds. The average Bonchev–Trinajstić information content (AvgIpc) is 2.92. The van der Waals surface area contributed by atoms with E-state index in [-0.39, 0.29) is 30.0 Å². The van der Waals surface area contributed by atoms with E-state index in [4.69, 9.17) is 4.74 Å². The van der Waals surface area contributed by atoms with Gasteiger partial charge in [-0.3, -0.25) is 9.89 Å². The number of ether oxygens (including phenoxy) is 1. The van der Waals surface area contributed by atoms with Gasteiger partial charge in [-0.2, -0.15) is 13.2 Å². The van der Waals surface area contributed by atoms with Crippen molar-refractivity contribution in [3.63, 3.8) is 0 Å². The van der Waals surface area contributed by atoms with Crippen LogP contribution in [0.2, 0.25) is 0 Å². The third-order valence-corrected chi connectivity index (χ3v) is 4.04. The van der Waals surface area contributed by atoms with Gasteiger partial charge >= 0.3 is 6.18 Å². The Labute approximate surface area is 158 Å². The first-order chi connectivity index (χ1) is 11.0. The van der Waals surface area contributed by atoms with E-state index in [1.54, 1.807) is 7.05 Å². The third-order valence-electron chi connectivity index (χ3n) is 4.04. The first-order valence-corrected chi connectivity index (χ1v) is 7.98. The van der Waals surface area contributed by atoms with Gasteiger partial charge in [0.2, 0.25) is 0 Å². The van der Waals surface area contributed by atoms with Gasteiger partial charge < -0.3 is 15.4 Å². The minimum Gasteiger partial charge on any atom is -0.377 e. The van der Waals surface area contributed by atoms with Crippen LogP contribution in [0, 0.1) is 0 Å². The van der Waals surface area contributed by atoms with E-state index in [1.807, 2.05) is 0 Å². The van der Waals surface area contributed by atoms with Gasteiger partial charge in [0.05, 0.1) is 19.8 Å². The third kappa shape index (κ3) is 8.02. The molecule has 5 nitrogen and oxygen atoms in total. The van der Waals surface area contributed by atoms with Gasteiger partial charge in [0, 0.05) is 32.7 Å². The zero-order valence-corrected chi connectivity index (χ0v) is 16.2. The summed E-state index contributed by atoms with van der Waals surface area (Å²) in [6, 6.07) is 0.00541. The fraction of sp³-hybridized carbons (Fsp3) is 0.800. The van der Waals surface area contributed by atoms with E-state index in [0.29, 0.717) is 32.1 Å². The lowest BCUT2D eigenvalue weighted by molar-refractivity contribution is -0.143. The molecule has 2 N–H and O–H groups in total. The zero-order chi connectivity index (χ0) is 16.7. The monoisotopic (exact) mass is 462 g/mol. The molecule has 0 aromatic heterocycles. The standard InChI is InChI=1S/C15H25F3N4O.HI/c1-19-14(20-6-2-12-4-8-23-9-5-12)21-13-3-7-22(10-13)11-15(16,17)18;/h4,13H,2-3,5-11H2,1H3,(H2,19,20,21);1H. The first-order valence-electron chi connectivity index (χ1n) is 7.98. The highest BCUT2D eigenvalue weighted by molar-refractivity contribution is 14.0. The number of rotatable bonds is 5. The van der Waals surface area contributed by atoms with Gasteiger partial charge in [-0.1, -0.05) is 11.6 Å². The van der Waals surface area contributed by atoms with Crippen molar-refractivity contribution in [3.05, 3.63) is 11.6 Å². The molecule has 0 bridgehead atoms. The quantitative estimate of drug-likeness (QED) is 0.285. The van der Waals surface area contributed by atoms with Gasteiger partial charge in [-0.15, -0.1) is 24.0 Å². The molecular weight excluding hydrogens is 436 g/mol. The molecule has 24 heavy (non-hydrogen) atoms. The van der Waals surface area contributed by atoms with Crippen LogP contribution in [0.3, 0.4) is 0 Å². The molecule has 9 heteroatoms. The zero-order valence-electron chi connectivity index (χ0n) is 13.9. The minimum atomic E-state index is -4.13. The lowest BCUT2D eigenvalue weighted by Crippen LogP contribution is -2.45. The van der Waals surface area contributed by atoms with Gasteiger partial charge in [0.1, 0.15) is 0 Å². The van der Waals surface area contributed by atoms with Crippen LogP contribution in [0.4, 0.5) is 13.2 Å². The molecule has 140 valence electrons. The maximum absolute atomic E-state index is 12.4. The largest absolute Gasteiger partial charge is 0.401 e. The molecule has 0 aliphatic carbocycles. The molecule has 0 radical (unpaired) electrons. The summed E-state index contributed by atoms with van der Waals surface area (Å²) in [7, 11) is 1.67. The Morgan fingerprint density at radius 3 is 2.88 bits per heavy atom. The predicted molar refractivity (Wildman–Crippen MR) is 98.9 cm³/mol. The number of likely N-dealkylation sites (tertiary alicyclic amines) is 1. The second kappa shape index (κ2) is 10.4. The smallest absolute Gasteiger partial charge is 0.377 e. The summed E-state index contributed by atoms with van der Waals surface area (Å²) in [5, 5.41) is 6.43. The van der Waals surface area contributed by atoms with Crippen molar-refractivity contribution in [1.82, 2.24) is 15.5 Å². The van der Waals surface area contributed by atoms with Crippen LogP contribution in [-0.2, 0) is 4.74 Å². The molecule has 0 saturated carbocycles. The van der Waals surface area contributed by atoms with Gasteiger partial charge in [-0.05, 0) is 19.3 Å². The highest BCUT2D eigenvalue weighted by atomic mass is 127. The number of nitrogens with zero attached hydrogens (tertiary/aromatic N) is 2. The van der Waals surface area contributed by atoms with E-state index < -0.39 is 12.7 Å². The lowest BCUT2D eigenvalue weighted by Gasteiger charge is -2.20. The van der Waals surface area contributed by atoms with Crippen LogP contribution in [0.15, 0.2) is 16.6 Å². The number of hydrogen-bond donors (Lipinski definition) is 2. The van der Waals surface area contributed by atoms with Crippen molar-refractivity contribution in [2.24, 2.45) is 4.99 Å². The number of nitrogens with one attached hydrogen (secondary N) is 2. The molecule has 1 saturated heterocycles. The van der Waals surface area contributed by atoms with E-state index in [2.05, 4.69) is 21.7 Å². The van der Waals surface area contributed by atoms with Crippen molar-refractivity contribution in [2.75, 3.05) is 46.4 Å². The number of guanidine groups is 1. The van der Waals surface area contributed by atoms with E-state index in [1.165, 1.54) is 10.5 Å². The van der Waals surface area contributed by atoms with Crippen molar-refractivity contribution in [3.8, 4) is 0 Å². The molecule has 2 rings (SSSR count).